The van der Waals surface area contributed by atoms with Crippen molar-refractivity contribution in [3.63, 3.8) is 0 Å². The van der Waals surface area contributed by atoms with E-state index in [0.717, 1.165) is 32.1 Å². The van der Waals surface area contributed by atoms with Gasteiger partial charge >= 0.3 is 5.97 Å². The van der Waals surface area contributed by atoms with Crippen LogP contribution in [0.15, 0.2) is 48.6 Å². The van der Waals surface area contributed by atoms with Gasteiger partial charge in [0, 0.05) is 12.8 Å². The second kappa shape index (κ2) is 15.9. The summed E-state index contributed by atoms with van der Waals surface area (Å²) < 4.78 is 0. The Bertz CT molecular complexity index is 458. The number of unbranched alkanes of at least 4 members (excludes halogenated alkanes) is 2. The highest BCUT2D eigenvalue weighted by atomic mass is 16.4. The Balaban J connectivity index is 3.78. The monoisotopic (exact) mass is 334 g/mol. The SMILES string of the molecule is CCCCCC(O)/C=C/C=C/C/C=C/C=C/C(=O)CCCC(=O)O. The van der Waals surface area contributed by atoms with Gasteiger partial charge in [-0.2, -0.15) is 0 Å². The second-order valence-corrected chi connectivity index (χ2v) is 5.61. The van der Waals surface area contributed by atoms with Crippen molar-refractivity contribution in [2.45, 2.75) is 64.4 Å². The van der Waals surface area contributed by atoms with Gasteiger partial charge in [0.1, 0.15) is 0 Å². The number of rotatable bonds is 14. The molecule has 0 radical (unpaired) electrons. The van der Waals surface area contributed by atoms with Crippen LogP contribution in [0.1, 0.15) is 58.3 Å². The van der Waals surface area contributed by atoms with E-state index in [0.29, 0.717) is 6.42 Å². The van der Waals surface area contributed by atoms with Crippen molar-refractivity contribution in [3.05, 3.63) is 48.6 Å². The van der Waals surface area contributed by atoms with E-state index in [-0.39, 0.29) is 24.7 Å². The Morgan fingerprint density at radius 1 is 0.958 bits per heavy atom. The van der Waals surface area contributed by atoms with Gasteiger partial charge in [0.15, 0.2) is 5.78 Å². The molecule has 0 aromatic rings. The maximum atomic E-state index is 11.4. The minimum Gasteiger partial charge on any atom is -0.481 e. The van der Waals surface area contributed by atoms with Gasteiger partial charge in [-0.15, -0.1) is 0 Å². The molecule has 1 atom stereocenters. The first-order chi connectivity index (χ1) is 11.6. The highest BCUT2D eigenvalue weighted by Gasteiger charge is 2.00. The molecule has 0 amide bonds. The van der Waals surface area contributed by atoms with Gasteiger partial charge in [0.05, 0.1) is 6.10 Å². The standard InChI is InChI=1S/C20H30O4/c1-2-3-9-13-18(21)14-10-7-5-4-6-8-11-15-19(22)16-12-17-20(23)24/h5-8,10-11,14-15,18,21H,2-4,9,12-13,16-17H2,1H3,(H,23,24)/b7-5+,8-6+,14-10+,15-11+. The van der Waals surface area contributed by atoms with Crippen LogP contribution in [0.3, 0.4) is 0 Å². The Labute approximate surface area is 145 Å². The Kier molecular flexibility index (Phi) is 14.6. The summed E-state index contributed by atoms with van der Waals surface area (Å²) in [5.74, 6) is -0.933. The van der Waals surface area contributed by atoms with Crippen LogP contribution in [0.5, 0.6) is 0 Å². The second-order valence-electron chi connectivity index (χ2n) is 5.61. The van der Waals surface area contributed by atoms with Gasteiger partial charge in [-0.1, -0.05) is 68.7 Å². The summed E-state index contributed by atoms with van der Waals surface area (Å²) in [4.78, 5) is 21.7. The van der Waals surface area contributed by atoms with E-state index in [9.17, 15) is 14.7 Å². The number of carboxylic acid groups (broad SMARTS) is 1. The number of hydrogen-bond acceptors (Lipinski definition) is 3. The molecule has 0 aromatic heterocycles. The molecule has 0 aliphatic heterocycles. The lowest BCUT2D eigenvalue weighted by Gasteiger charge is -2.02. The largest absolute Gasteiger partial charge is 0.481 e. The van der Waals surface area contributed by atoms with Crippen molar-refractivity contribution in [1.82, 2.24) is 0 Å². The normalized spacial score (nSPS) is 13.6. The molecular formula is C20H30O4. The van der Waals surface area contributed by atoms with Gasteiger partial charge in [-0.3, -0.25) is 9.59 Å². The molecule has 0 fully saturated rings. The van der Waals surface area contributed by atoms with Gasteiger partial charge in [0.2, 0.25) is 0 Å². The summed E-state index contributed by atoms with van der Waals surface area (Å²) >= 11 is 0. The minimum atomic E-state index is -0.874. The van der Waals surface area contributed by atoms with Crippen LogP contribution in [0, 0.1) is 0 Å². The molecule has 0 saturated carbocycles. The lowest BCUT2D eigenvalue weighted by Crippen LogP contribution is -2.00. The zero-order valence-electron chi connectivity index (χ0n) is 14.6. The molecule has 4 heteroatoms. The highest BCUT2D eigenvalue weighted by Crippen LogP contribution is 2.04. The van der Waals surface area contributed by atoms with Crippen LogP contribution < -0.4 is 0 Å². The first-order valence-corrected chi connectivity index (χ1v) is 8.65. The zero-order chi connectivity index (χ0) is 18.0. The molecule has 4 nitrogen and oxygen atoms in total. The topological polar surface area (TPSA) is 74.6 Å². The third-order valence-corrected chi connectivity index (χ3v) is 3.30. The van der Waals surface area contributed by atoms with Gasteiger partial charge in [-0.25, -0.2) is 0 Å². The van der Waals surface area contributed by atoms with Crippen molar-refractivity contribution < 1.29 is 19.8 Å². The first-order valence-electron chi connectivity index (χ1n) is 8.65. The summed E-state index contributed by atoms with van der Waals surface area (Å²) in [5.41, 5.74) is 0. The fourth-order valence-corrected chi connectivity index (χ4v) is 1.95. The van der Waals surface area contributed by atoms with E-state index >= 15 is 0 Å². The minimum absolute atomic E-state index is 0.0288. The number of aliphatic carboxylic acids is 1. The lowest BCUT2D eigenvalue weighted by atomic mass is 10.1. The van der Waals surface area contributed by atoms with Crippen molar-refractivity contribution >= 4 is 11.8 Å². The summed E-state index contributed by atoms with van der Waals surface area (Å²) in [7, 11) is 0. The molecule has 0 bridgehead atoms. The fraction of sp³-hybridized carbons (Fsp3) is 0.500. The summed E-state index contributed by atoms with van der Waals surface area (Å²) in [6.45, 7) is 2.14. The van der Waals surface area contributed by atoms with Crippen LogP contribution >= 0.6 is 0 Å². The number of allylic oxidation sites excluding steroid dienone is 7. The Morgan fingerprint density at radius 2 is 1.67 bits per heavy atom. The number of ketones is 1. The number of carboxylic acids is 1. The molecule has 0 rings (SSSR count). The molecule has 0 aliphatic carbocycles. The molecular weight excluding hydrogens is 304 g/mol. The maximum absolute atomic E-state index is 11.4. The van der Waals surface area contributed by atoms with E-state index in [1.165, 1.54) is 6.08 Å². The summed E-state index contributed by atoms with van der Waals surface area (Å²) in [6.07, 6.45) is 19.6. The lowest BCUT2D eigenvalue weighted by molar-refractivity contribution is -0.137. The zero-order valence-corrected chi connectivity index (χ0v) is 14.6. The van der Waals surface area contributed by atoms with Crippen molar-refractivity contribution in [1.29, 1.82) is 0 Å². The average molecular weight is 334 g/mol. The molecule has 0 aromatic carbocycles. The third-order valence-electron chi connectivity index (χ3n) is 3.30. The van der Waals surface area contributed by atoms with Crippen molar-refractivity contribution in [3.8, 4) is 0 Å². The van der Waals surface area contributed by atoms with Crippen LogP contribution in [-0.2, 0) is 9.59 Å². The molecule has 134 valence electrons. The smallest absolute Gasteiger partial charge is 0.303 e. The number of carbonyl (C=O) groups excluding carboxylic acids is 1. The van der Waals surface area contributed by atoms with E-state index in [2.05, 4.69) is 6.92 Å². The predicted octanol–water partition coefficient (Wildman–Crippen LogP) is 4.37. The van der Waals surface area contributed by atoms with Crippen LogP contribution in [0.2, 0.25) is 0 Å². The average Bonchev–Trinajstić information content (AvgIpc) is 2.53. The quantitative estimate of drug-likeness (QED) is 0.281. The van der Waals surface area contributed by atoms with E-state index in [1.807, 2.05) is 24.3 Å². The Morgan fingerprint density at radius 3 is 2.33 bits per heavy atom. The summed E-state index contributed by atoms with van der Waals surface area (Å²) in [6, 6.07) is 0. The van der Waals surface area contributed by atoms with E-state index in [1.54, 1.807) is 18.2 Å². The number of hydrogen-bond donors (Lipinski definition) is 2. The van der Waals surface area contributed by atoms with Crippen molar-refractivity contribution in [2.75, 3.05) is 0 Å². The molecule has 1 unspecified atom stereocenters. The van der Waals surface area contributed by atoms with Gasteiger partial charge in [0.25, 0.3) is 0 Å². The maximum Gasteiger partial charge on any atom is 0.303 e. The van der Waals surface area contributed by atoms with Crippen molar-refractivity contribution in [2.24, 2.45) is 0 Å². The Hall–Kier alpha value is -1.94. The molecule has 0 spiro atoms. The molecule has 0 saturated heterocycles. The van der Waals surface area contributed by atoms with E-state index < -0.39 is 5.97 Å². The fourth-order valence-electron chi connectivity index (χ4n) is 1.95. The van der Waals surface area contributed by atoms with Crippen LogP contribution in [0.25, 0.3) is 0 Å². The number of aliphatic hydroxyl groups excluding tert-OH is 1. The van der Waals surface area contributed by atoms with Crippen LogP contribution in [-0.4, -0.2) is 28.1 Å². The van der Waals surface area contributed by atoms with E-state index in [4.69, 9.17) is 5.11 Å². The molecule has 0 aliphatic rings. The third kappa shape index (κ3) is 16.4. The first kappa shape index (κ1) is 22.1. The highest BCUT2D eigenvalue weighted by molar-refractivity contribution is 5.90. The predicted molar refractivity (Wildman–Crippen MR) is 97.8 cm³/mol. The van der Waals surface area contributed by atoms with Crippen LogP contribution in [0.4, 0.5) is 0 Å². The summed E-state index contributed by atoms with van der Waals surface area (Å²) in [5, 5.41) is 18.2. The van der Waals surface area contributed by atoms with Gasteiger partial charge in [-0.05, 0) is 25.3 Å². The molecule has 24 heavy (non-hydrogen) atoms. The number of carbonyl (C=O) groups is 2. The molecule has 0 heterocycles. The number of aliphatic hydroxyl groups is 1. The molecule has 2 N–H and O–H groups in total. The van der Waals surface area contributed by atoms with Gasteiger partial charge < -0.3 is 10.2 Å².